The van der Waals surface area contributed by atoms with Crippen LogP contribution in [-0.4, -0.2) is 41.4 Å². The van der Waals surface area contributed by atoms with Crippen LogP contribution < -0.4 is 9.80 Å². The lowest BCUT2D eigenvalue weighted by Gasteiger charge is -2.36. The lowest BCUT2D eigenvalue weighted by atomic mass is 10.2. The smallest absolute Gasteiger partial charge is 0.151 e. The Labute approximate surface area is 150 Å². The largest absolute Gasteiger partial charge is 0.367 e. The predicted molar refractivity (Wildman–Crippen MR) is 98.7 cm³/mol. The van der Waals surface area contributed by atoms with E-state index in [4.69, 9.17) is 5.26 Å². The quantitative estimate of drug-likeness (QED) is 0.725. The highest BCUT2D eigenvalue weighted by atomic mass is 32.1. The van der Waals surface area contributed by atoms with Gasteiger partial charge in [0.05, 0.1) is 16.8 Å². The van der Waals surface area contributed by atoms with Crippen LogP contribution in [0.4, 0.5) is 11.5 Å². The Kier molecular flexibility index (Phi) is 4.27. The third kappa shape index (κ3) is 3.30. The number of piperazine rings is 1. The molecule has 0 atom stereocenters. The van der Waals surface area contributed by atoms with Crippen molar-refractivity contribution in [1.29, 1.82) is 5.26 Å². The molecule has 0 aromatic carbocycles. The Morgan fingerprint density at radius 2 is 1.80 bits per heavy atom. The Morgan fingerprint density at radius 3 is 2.40 bits per heavy atom. The van der Waals surface area contributed by atoms with Gasteiger partial charge < -0.3 is 9.80 Å². The molecule has 0 N–H and O–H groups in total. The molecule has 0 unspecified atom stereocenters. The molecular weight excluding hydrogens is 332 g/mol. The Balaban J connectivity index is 1.40. The van der Waals surface area contributed by atoms with E-state index in [1.54, 1.807) is 23.6 Å². The van der Waals surface area contributed by atoms with Gasteiger partial charge in [-0.25, -0.2) is 4.98 Å². The van der Waals surface area contributed by atoms with Gasteiger partial charge in [0.25, 0.3) is 0 Å². The lowest BCUT2D eigenvalue weighted by molar-refractivity contribution is 0.643. The van der Waals surface area contributed by atoms with Crippen molar-refractivity contribution in [3.63, 3.8) is 0 Å². The first-order valence-corrected chi connectivity index (χ1v) is 8.95. The summed E-state index contributed by atoms with van der Waals surface area (Å²) in [7, 11) is 0. The fourth-order valence-electron chi connectivity index (χ4n) is 2.88. The van der Waals surface area contributed by atoms with E-state index >= 15 is 0 Å². The zero-order valence-corrected chi connectivity index (χ0v) is 14.4. The van der Waals surface area contributed by atoms with Crippen molar-refractivity contribution >= 4 is 22.8 Å². The minimum atomic E-state index is 0.448. The molecule has 1 aliphatic rings. The van der Waals surface area contributed by atoms with Gasteiger partial charge in [-0.1, -0.05) is 6.07 Å². The first-order chi connectivity index (χ1) is 12.3. The van der Waals surface area contributed by atoms with E-state index in [-0.39, 0.29) is 0 Å². The Hall–Kier alpha value is -2.98. The highest BCUT2D eigenvalue weighted by Gasteiger charge is 2.19. The van der Waals surface area contributed by atoms with Crippen LogP contribution in [-0.2, 0) is 0 Å². The van der Waals surface area contributed by atoms with Crippen molar-refractivity contribution in [3.05, 3.63) is 53.7 Å². The van der Waals surface area contributed by atoms with Gasteiger partial charge in [0.2, 0.25) is 0 Å². The van der Waals surface area contributed by atoms with Crippen LogP contribution in [0.3, 0.4) is 0 Å². The molecule has 4 rings (SSSR count). The first kappa shape index (κ1) is 15.5. The molecule has 4 heterocycles. The number of anilines is 2. The van der Waals surface area contributed by atoms with E-state index in [1.807, 2.05) is 35.7 Å². The van der Waals surface area contributed by atoms with Crippen molar-refractivity contribution in [1.82, 2.24) is 15.2 Å². The van der Waals surface area contributed by atoms with Crippen molar-refractivity contribution in [3.8, 4) is 16.6 Å². The fourth-order valence-corrected chi connectivity index (χ4v) is 3.57. The minimum absolute atomic E-state index is 0.448. The topological polar surface area (TPSA) is 68.9 Å². The Morgan fingerprint density at radius 1 is 0.960 bits per heavy atom. The lowest BCUT2D eigenvalue weighted by Crippen LogP contribution is -2.46. The molecule has 124 valence electrons. The van der Waals surface area contributed by atoms with E-state index in [0.29, 0.717) is 5.69 Å². The van der Waals surface area contributed by atoms with Crippen molar-refractivity contribution < 1.29 is 0 Å². The molecule has 0 aliphatic carbocycles. The molecule has 3 aromatic rings. The summed E-state index contributed by atoms with van der Waals surface area (Å²) in [5.41, 5.74) is 2.42. The molecule has 3 aromatic heterocycles. The van der Waals surface area contributed by atoms with E-state index in [2.05, 4.69) is 31.0 Å². The number of nitriles is 1. The van der Waals surface area contributed by atoms with Gasteiger partial charge in [-0.2, -0.15) is 5.26 Å². The maximum absolute atomic E-state index is 8.83. The van der Waals surface area contributed by atoms with Gasteiger partial charge in [-0.15, -0.1) is 21.5 Å². The number of nitrogens with zero attached hydrogens (tertiary/aromatic N) is 6. The highest BCUT2D eigenvalue weighted by Crippen LogP contribution is 2.24. The van der Waals surface area contributed by atoms with Gasteiger partial charge in [0, 0.05) is 26.2 Å². The van der Waals surface area contributed by atoms with Crippen LogP contribution in [0.25, 0.3) is 10.6 Å². The van der Waals surface area contributed by atoms with E-state index in [1.165, 1.54) is 0 Å². The Bertz CT molecular complexity index is 859. The highest BCUT2D eigenvalue weighted by molar-refractivity contribution is 7.13. The van der Waals surface area contributed by atoms with E-state index in [9.17, 15) is 0 Å². The van der Waals surface area contributed by atoms with Gasteiger partial charge >= 0.3 is 0 Å². The SMILES string of the molecule is N#Cc1ccc(N2CCN(c3ccc(-c4cccs4)nn3)CC2)cn1. The molecule has 7 heteroatoms. The number of hydrogen-bond acceptors (Lipinski definition) is 7. The average Bonchev–Trinajstić information content (AvgIpc) is 3.23. The van der Waals surface area contributed by atoms with E-state index in [0.717, 1.165) is 48.3 Å². The zero-order valence-electron chi connectivity index (χ0n) is 13.5. The number of thiophene rings is 1. The summed E-state index contributed by atoms with van der Waals surface area (Å²) in [5.74, 6) is 0.915. The monoisotopic (exact) mass is 348 g/mol. The molecule has 25 heavy (non-hydrogen) atoms. The van der Waals surface area contributed by atoms with Gasteiger partial charge in [-0.05, 0) is 35.7 Å². The third-order valence-corrected chi connectivity index (χ3v) is 5.15. The summed E-state index contributed by atoms with van der Waals surface area (Å²) in [6, 6.07) is 13.9. The molecule has 0 radical (unpaired) electrons. The average molecular weight is 348 g/mol. The van der Waals surface area contributed by atoms with Crippen LogP contribution in [0, 0.1) is 11.3 Å². The van der Waals surface area contributed by atoms with Crippen LogP contribution >= 0.6 is 11.3 Å². The predicted octanol–water partition coefficient (Wildman–Crippen LogP) is 2.80. The molecule has 6 nitrogen and oxygen atoms in total. The molecule has 1 saturated heterocycles. The molecule has 0 amide bonds. The summed E-state index contributed by atoms with van der Waals surface area (Å²) < 4.78 is 0. The standard InChI is InChI=1S/C18H16N6S/c19-12-14-3-4-15(13-20-14)23-7-9-24(10-8-23)18-6-5-16(21-22-18)17-2-1-11-25-17/h1-6,11,13H,7-10H2. The summed E-state index contributed by atoms with van der Waals surface area (Å²) in [5, 5.41) is 19.6. The summed E-state index contributed by atoms with van der Waals surface area (Å²) in [4.78, 5) is 9.81. The van der Waals surface area contributed by atoms with Crippen molar-refractivity contribution in [2.45, 2.75) is 0 Å². The van der Waals surface area contributed by atoms with Crippen LogP contribution in [0.2, 0.25) is 0 Å². The summed E-state index contributed by atoms with van der Waals surface area (Å²) in [6.45, 7) is 3.55. The summed E-state index contributed by atoms with van der Waals surface area (Å²) >= 11 is 1.67. The van der Waals surface area contributed by atoms with Crippen molar-refractivity contribution in [2.75, 3.05) is 36.0 Å². The third-order valence-electron chi connectivity index (χ3n) is 4.26. The first-order valence-electron chi connectivity index (χ1n) is 8.07. The number of pyridine rings is 1. The maximum Gasteiger partial charge on any atom is 0.151 e. The normalized spacial score (nSPS) is 14.4. The molecule has 0 saturated carbocycles. The van der Waals surface area contributed by atoms with E-state index < -0.39 is 0 Å². The van der Waals surface area contributed by atoms with Crippen LogP contribution in [0.5, 0.6) is 0 Å². The van der Waals surface area contributed by atoms with Gasteiger partial charge in [0.15, 0.2) is 5.82 Å². The molecule has 1 aliphatic heterocycles. The molecule has 0 spiro atoms. The minimum Gasteiger partial charge on any atom is -0.367 e. The van der Waals surface area contributed by atoms with Gasteiger partial charge in [-0.3, -0.25) is 0 Å². The number of hydrogen-bond donors (Lipinski definition) is 0. The fraction of sp³-hybridized carbons (Fsp3) is 0.222. The zero-order chi connectivity index (χ0) is 17.1. The second kappa shape index (κ2) is 6.87. The van der Waals surface area contributed by atoms with Crippen LogP contribution in [0.15, 0.2) is 48.0 Å². The van der Waals surface area contributed by atoms with Gasteiger partial charge in [0.1, 0.15) is 17.5 Å². The van der Waals surface area contributed by atoms with Crippen molar-refractivity contribution in [2.24, 2.45) is 0 Å². The maximum atomic E-state index is 8.83. The second-order valence-corrected chi connectivity index (χ2v) is 6.69. The molecule has 0 bridgehead atoms. The number of aromatic nitrogens is 3. The summed E-state index contributed by atoms with van der Waals surface area (Å²) in [6.07, 6.45) is 1.77. The number of rotatable bonds is 3. The molecule has 1 fully saturated rings. The second-order valence-electron chi connectivity index (χ2n) is 5.74. The van der Waals surface area contributed by atoms with Crippen LogP contribution in [0.1, 0.15) is 5.69 Å². The molecular formula is C18H16N6S.